The Morgan fingerprint density at radius 2 is 2.23 bits per heavy atom. The number of rotatable bonds is 4. The molecule has 3 heterocycles. The molecule has 0 aromatic carbocycles. The molecule has 118 valence electrons. The minimum atomic E-state index is 0.0977. The Kier molecular flexibility index (Phi) is 4.24. The van der Waals surface area contributed by atoms with Gasteiger partial charge in [0.1, 0.15) is 5.82 Å². The predicted octanol–water partition coefficient (Wildman–Crippen LogP) is 0.953. The molecule has 0 N–H and O–H groups in total. The summed E-state index contributed by atoms with van der Waals surface area (Å²) in [5.74, 6) is 1.70. The van der Waals surface area contributed by atoms with E-state index in [1.807, 2.05) is 48.9 Å². The van der Waals surface area contributed by atoms with Crippen molar-refractivity contribution in [1.82, 2.24) is 19.7 Å². The molecule has 0 bridgehead atoms. The van der Waals surface area contributed by atoms with Crippen LogP contribution in [0, 0.1) is 6.92 Å². The highest BCUT2D eigenvalue weighted by Crippen LogP contribution is 2.18. The second-order valence-corrected chi connectivity index (χ2v) is 5.73. The summed E-state index contributed by atoms with van der Waals surface area (Å²) in [5, 5.41) is 4.24. The first-order chi connectivity index (χ1) is 10.6. The summed E-state index contributed by atoms with van der Waals surface area (Å²) in [5.41, 5.74) is 0.976. The third-order valence-electron chi connectivity index (χ3n) is 3.66. The van der Waals surface area contributed by atoms with Crippen LogP contribution in [0.5, 0.6) is 0 Å². The van der Waals surface area contributed by atoms with Gasteiger partial charge >= 0.3 is 0 Å². The van der Waals surface area contributed by atoms with Gasteiger partial charge in [-0.05, 0) is 13.0 Å². The quantitative estimate of drug-likeness (QED) is 0.838. The Morgan fingerprint density at radius 3 is 2.95 bits per heavy atom. The number of hydrogen-bond donors (Lipinski definition) is 0. The SMILES string of the molecule is Cc1cc(N(C)C)nc(N2CCO[C@H](Cn3cccn3)C2)n1. The lowest BCUT2D eigenvalue weighted by atomic mass is 10.3. The summed E-state index contributed by atoms with van der Waals surface area (Å²) < 4.78 is 7.74. The van der Waals surface area contributed by atoms with E-state index in [1.165, 1.54) is 0 Å². The van der Waals surface area contributed by atoms with Crippen LogP contribution in [0.2, 0.25) is 0 Å². The largest absolute Gasteiger partial charge is 0.373 e. The van der Waals surface area contributed by atoms with Crippen molar-refractivity contribution in [2.45, 2.75) is 19.6 Å². The molecule has 1 atom stereocenters. The lowest BCUT2D eigenvalue weighted by Gasteiger charge is -2.33. The molecule has 1 aliphatic heterocycles. The number of nitrogens with zero attached hydrogens (tertiary/aromatic N) is 6. The Labute approximate surface area is 130 Å². The molecule has 0 spiro atoms. The van der Waals surface area contributed by atoms with Gasteiger partial charge in [-0.3, -0.25) is 4.68 Å². The number of aromatic nitrogens is 4. The fourth-order valence-electron chi connectivity index (χ4n) is 2.54. The van der Waals surface area contributed by atoms with E-state index in [0.717, 1.165) is 37.1 Å². The van der Waals surface area contributed by atoms with Crippen molar-refractivity contribution in [2.75, 3.05) is 43.6 Å². The number of anilines is 2. The van der Waals surface area contributed by atoms with Gasteiger partial charge in [0.15, 0.2) is 0 Å². The summed E-state index contributed by atoms with van der Waals surface area (Å²) in [6, 6.07) is 3.92. The zero-order valence-corrected chi connectivity index (χ0v) is 13.3. The van der Waals surface area contributed by atoms with E-state index in [9.17, 15) is 0 Å². The van der Waals surface area contributed by atoms with Crippen molar-refractivity contribution in [3.05, 3.63) is 30.2 Å². The van der Waals surface area contributed by atoms with E-state index >= 15 is 0 Å². The topological polar surface area (TPSA) is 59.3 Å². The molecule has 1 saturated heterocycles. The van der Waals surface area contributed by atoms with Crippen molar-refractivity contribution < 1.29 is 4.74 Å². The zero-order chi connectivity index (χ0) is 15.5. The molecular weight excluding hydrogens is 280 g/mol. The second-order valence-electron chi connectivity index (χ2n) is 5.73. The average Bonchev–Trinajstić information content (AvgIpc) is 3.00. The highest BCUT2D eigenvalue weighted by molar-refractivity contribution is 5.45. The maximum Gasteiger partial charge on any atom is 0.227 e. The van der Waals surface area contributed by atoms with Gasteiger partial charge < -0.3 is 14.5 Å². The molecule has 1 aliphatic rings. The second kappa shape index (κ2) is 6.31. The van der Waals surface area contributed by atoms with Gasteiger partial charge in [-0.15, -0.1) is 0 Å². The fraction of sp³-hybridized carbons (Fsp3) is 0.533. The summed E-state index contributed by atoms with van der Waals surface area (Å²) in [7, 11) is 3.98. The number of morpholine rings is 1. The van der Waals surface area contributed by atoms with Crippen molar-refractivity contribution in [3.63, 3.8) is 0 Å². The van der Waals surface area contributed by atoms with Crippen molar-refractivity contribution >= 4 is 11.8 Å². The Morgan fingerprint density at radius 1 is 1.36 bits per heavy atom. The summed E-state index contributed by atoms with van der Waals surface area (Å²) in [6.45, 7) is 5.01. The van der Waals surface area contributed by atoms with E-state index in [4.69, 9.17) is 4.74 Å². The minimum Gasteiger partial charge on any atom is -0.373 e. The molecule has 0 radical (unpaired) electrons. The maximum absolute atomic E-state index is 5.84. The monoisotopic (exact) mass is 302 g/mol. The molecular formula is C15H22N6O. The Hall–Kier alpha value is -2.15. The Balaban J connectivity index is 1.74. The van der Waals surface area contributed by atoms with Gasteiger partial charge in [-0.1, -0.05) is 0 Å². The van der Waals surface area contributed by atoms with Crippen LogP contribution in [0.25, 0.3) is 0 Å². The fourth-order valence-corrected chi connectivity index (χ4v) is 2.54. The molecule has 2 aromatic rings. The highest BCUT2D eigenvalue weighted by Gasteiger charge is 2.23. The van der Waals surface area contributed by atoms with Crippen molar-refractivity contribution in [3.8, 4) is 0 Å². The van der Waals surface area contributed by atoms with Gasteiger partial charge in [-0.2, -0.15) is 10.1 Å². The average molecular weight is 302 g/mol. The molecule has 22 heavy (non-hydrogen) atoms. The van der Waals surface area contributed by atoms with E-state index < -0.39 is 0 Å². The molecule has 0 aliphatic carbocycles. The first kappa shape index (κ1) is 14.8. The summed E-state index contributed by atoms with van der Waals surface area (Å²) in [4.78, 5) is 13.4. The molecule has 0 unspecified atom stereocenters. The van der Waals surface area contributed by atoms with Crippen LogP contribution in [0.3, 0.4) is 0 Å². The number of ether oxygens (including phenoxy) is 1. The predicted molar refractivity (Wildman–Crippen MR) is 85.3 cm³/mol. The third kappa shape index (κ3) is 3.36. The lowest BCUT2D eigenvalue weighted by Crippen LogP contribution is -2.45. The molecule has 3 rings (SSSR count). The van der Waals surface area contributed by atoms with Gasteiger partial charge in [-0.25, -0.2) is 4.98 Å². The normalized spacial score (nSPS) is 18.5. The van der Waals surface area contributed by atoms with Crippen molar-refractivity contribution in [2.24, 2.45) is 0 Å². The smallest absolute Gasteiger partial charge is 0.227 e. The molecule has 1 fully saturated rings. The third-order valence-corrected chi connectivity index (χ3v) is 3.66. The molecule has 7 heteroatoms. The van der Waals surface area contributed by atoms with Crippen LogP contribution in [0.1, 0.15) is 5.69 Å². The lowest BCUT2D eigenvalue weighted by molar-refractivity contribution is 0.0269. The van der Waals surface area contributed by atoms with Crippen LogP contribution < -0.4 is 9.80 Å². The van der Waals surface area contributed by atoms with E-state index in [0.29, 0.717) is 6.61 Å². The van der Waals surface area contributed by atoms with Crippen molar-refractivity contribution in [1.29, 1.82) is 0 Å². The van der Waals surface area contributed by atoms with E-state index in [-0.39, 0.29) is 6.10 Å². The minimum absolute atomic E-state index is 0.0977. The molecule has 7 nitrogen and oxygen atoms in total. The van der Waals surface area contributed by atoms with Crippen LogP contribution in [-0.2, 0) is 11.3 Å². The summed E-state index contributed by atoms with van der Waals surface area (Å²) in [6.07, 6.45) is 3.84. The number of hydrogen-bond acceptors (Lipinski definition) is 6. The van der Waals surface area contributed by atoms with Gasteiger partial charge in [0.25, 0.3) is 0 Å². The molecule has 0 saturated carbocycles. The van der Waals surface area contributed by atoms with E-state index in [2.05, 4.69) is 20.0 Å². The number of aryl methyl sites for hydroxylation is 1. The molecule has 0 amide bonds. The molecule has 2 aromatic heterocycles. The van der Waals surface area contributed by atoms with Crippen LogP contribution in [-0.4, -0.2) is 59.6 Å². The van der Waals surface area contributed by atoms with Gasteiger partial charge in [0.2, 0.25) is 5.95 Å². The van der Waals surface area contributed by atoms with Crippen LogP contribution in [0.15, 0.2) is 24.5 Å². The van der Waals surface area contributed by atoms with Gasteiger partial charge in [0, 0.05) is 51.3 Å². The summed E-state index contributed by atoms with van der Waals surface area (Å²) >= 11 is 0. The zero-order valence-electron chi connectivity index (χ0n) is 13.3. The van der Waals surface area contributed by atoms with Crippen LogP contribution in [0.4, 0.5) is 11.8 Å². The van der Waals surface area contributed by atoms with Crippen LogP contribution >= 0.6 is 0 Å². The van der Waals surface area contributed by atoms with Gasteiger partial charge in [0.05, 0.1) is 19.3 Å². The standard InChI is InChI=1S/C15H22N6O/c1-12-9-14(19(2)3)18-15(17-12)20-7-8-22-13(10-20)11-21-6-4-5-16-21/h4-6,9,13H,7-8,10-11H2,1-3H3/t13-/m0/s1. The van der Waals surface area contributed by atoms with E-state index in [1.54, 1.807) is 6.20 Å². The highest BCUT2D eigenvalue weighted by atomic mass is 16.5. The first-order valence-electron chi connectivity index (χ1n) is 7.49. The maximum atomic E-state index is 5.84. The first-order valence-corrected chi connectivity index (χ1v) is 7.49. The Bertz CT molecular complexity index is 613.